The molecule has 0 spiro atoms. The second-order valence-electron chi connectivity index (χ2n) is 9.01. The van der Waals surface area contributed by atoms with Crippen molar-refractivity contribution in [3.8, 4) is 11.8 Å². The van der Waals surface area contributed by atoms with Crippen LogP contribution in [-0.2, 0) is 12.1 Å². The Morgan fingerprint density at radius 1 is 1.10 bits per heavy atom. The second kappa shape index (κ2) is 7.57. The molecule has 0 aromatic heterocycles. The largest absolute Gasteiger partial charge is 0.385 e. The Kier molecular flexibility index (Phi) is 5.25. The van der Waals surface area contributed by atoms with Crippen LogP contribution in [0.25, 0.3) is 0 Å². The monoisotopic (exact) mass is 393 g/mol. The van der Waals surface area contributed by atoms with E-state index >= 15 is 0 Å². The number of nitrogens with zero attached hydrogens (tertiary/aromatic N) is 1. The van der Waals surface area contributed by atoms with Crippen molar-refractivity contribution in [2.45, 2.75) is 69.4 Å². The fourth-order valence-electron chi connectivity index (χ4n) is 4.72. The van der Waals surface area contributed by atoms with Crippen LogP contribution in [0.1, 0.15) is 56.2 Å². The summed E-state index contributed by atoms with van der Waals surface area (Å²) in [5, 5.41) is 21.0. The summed E-state index contributed by atoms with van der Waals surface area (Å²) in [6, 6.07) is 15.2. The van der Waals surface area contributed by atoms with Crippen molar-refractivity contribution in [3.05, 3.63) is 71.0 Å². The van der Waals surface area contributed by atoms with Gasteiger partial charge in [-0.25, -0.2) is 4.39 Å². The Balaban J connectivity index is 1.46. The lowest BCUT2D eigenvalue weighted by atomic mass is 9.80. The first-order chi connectivity index (χ1) is 13.7. The van der Waals surface area contributed by atoms with Gasteiger partial charge in [-0.1, -0.05) is 36.1 Å². The topological polar surface area (TPSA) is 43.7 Å². The molecule has 2 atom stereocenters. The molecule has 2 aromatic carbocycles. The lowest BCUT2D eigenvalue weighted by molar-refractivity contribution is -0.0596. The fraction of sp³-hybridized carbons (Fsp3) is 0.440. The molecule has 2 saturated heterocycles. The highest BCUT2D eigenvalue weighted by molar-refractivity contribution is 5.37. The highest BCUT2D eigenvalue weighted by Gasteiger charge is 2.48. The Labute approximate surface area is 172 Å². The van der Waals surface area contributed by atoms with E-state index in [1.165, 1.54) is 17.7 Å². The predicted molar refractivity (Wildman–Crippen MR) is 112 cm³/mol. The summed E-state index contributed by atoms with van der Waals surface area (Å²) >= 11 is 0. The molecule has 3 nitrogen and oxygen atoms in total. The van der Waals surface area contributed by atoms with Crippen molar-refractivity contribution in [1.29, 1.82) is 0 Å². The van der Waals surface area contributed by atoms with Crippen molar-refractivity contribution in [3.63, 3.8) is 0 Å². The van der Waals surface area contributed by atoms with Gasteiger partial charge in [0.15, 0.2) is 0 Å². The van der Waals surface area contributed by atoms with E-state index in [4.69, 9.17) is 0 Å². The van der Waals surface area contributed by atoms with Gasteiger partial charge in [-0.15, -0.1) is 0 Å². The average molecular weight is 394 g/mol. The fourth-order valence-corrected chi connectivity index (χ4v) is 4.72. The Bertz CT molecular complexity index is 922. The summed E-state index contributed by atoms with van der Waals surface area (Å²) in [4.78, 5) is 2.49. The number of fused-ring (bicyclic) bond motifs is 2. The standard InChI is InChI=1S/C25H28FNO2/c1-24(2,28)13-12-18-6-8-19(9-7-18)17-27-22-10-11-23(27)16-25(29,15-22)20-4-3-5-21(26)14-20/h3-9,14,22-23,28-29H,10-11,15-17H2,1-2H3/t22-,23-/m1/s1. The average Bonchev–Trinajstić information content (AvgIpc) is 2.91. The molecule has 2 aliphatic heterocycles. The summed E-state index contributed by atoms with van der Waals surface area (Å²) in [6.45, 7) is 4.19. The van der Waals surface area contributed by atoms with Gasteiger partial charge in [-0.3, -0.25) is 4.90 Å². The molecule has 2 bridgehead atoms. The van der Waals surface area contributed by atoms with Gasteiger partial charge in [0.2, 0.25) is 0 Å². The van der Waals surface area contributed by atoms with Crippen molar-refractivity contribution in [2.24, 2.45) is 0 Å². The van der Waals surface area contributed by atoms with E-state index < -0.39 is 11.2 Å². The number of benzene rings is 2. The summed E-state index contributed by atoms with van der Waals surface area (Å²) in [5.74, 6) is 5.54. The molecule has 4 heteroatoms. The predicted octanol–water partition coefficient (Wildman–Crippen LogP) is 3.96. The third-order valence-corrected chi connectivity index (χ3v) is 6.11. The smallest absolute Gasteiger partial charge is 0.123 e. The molecule has 4 rings (SSSR count). The molecule has 0 aliphatic carbocycles. The molecule has 2 fully saturated rings. The van der Waals surface area contributed by atoms with E-state index in [0.29, 0.717) is 30.5 Å². The molecule has 0 radical (unpaired) electrons. The normalized spacial score (nSPS) is 26.8. The molecule has 0 saturated carbocycles. The molecular formula is C25H28FNO2. The molecule has 2 N–H and O–H groups in total. The van der Waals surface area contributed by atoms with Crippen LogP contribution in [-0.4, -0.2) is 32.8 Å². The zero-order chi connectivity index (χ0) is 20.6. The third-order valence-electron chi connectivity index (χ3n) is 6.11. The van der Waals surface area contributed by atoms with Crippen LogP contribution in [0.3, 0.4) is 0 Å². The summed E-state index contributed by atoms with van der Waals surface area (Å²) in [7, 11) is 0. The Morgan fingerprint density at radius 3 is 2.34 bits per heavy atom. The van der Waals surface area contributed by atoms with E-state index in [1.54, 1.807) is 19.9 Å². The first-order valence-electron chi connectivity index (χ1n) is 10.3. The summed E-state index contributed by atoms with van der Waals surface area (Å²) < 4.78 is 13.7. The van der Waals surface area contributed by atoms with Gasteiger partial charge in [0.25, 0.3) is 0 Å². The van der Waals surface area contributed by atoms with E-state index in [9.17, 15) is 14.6 Å². The van der Waals surface area contributed by atoms with E-state index in [2.05, 4.69) is 28.9 Å². The van der Waals surface area contributed by atoms with Gasteiger partial charge in [0.1, 0.15) is 11.4 Å². The minimum atomic E-state index is -0.996. The van der Waals surface area contributed by atoms with Crippen molar-refractivity contribution < 1.29 is 14.6 Å². The molecule has 2 aromatic rings. The maximum Gasteiger partial charge on any atom is 0.123 e. The highest BCUT2D eigenvalue weighted by Crippen LogP contribution is 2.46. The number of hydrogen-bond acceptors (Lipinski definition) is 3. The van der Waals surface area contributed by atoms with Crippen LogP contribution < -0.4 is 0 Å². The first-order valence-corrected chi connectivity index (χ1v) is 10.3. The van der Waals surface area contributed by atoms with Crippen LogP contribution in [0.5, 0.6) is 0 Å². The number of aliphatic hydroxyl groups is 2. The van der Waals surface area contributed by atoms with Crippen LogP contribution in [0.4, 0.5) is 4.39 Å². The molecule has 2 heterocycles. The Hall–Kier alpha value is -2.19. The van der Waals surface area contributed by atoms with Crippen molar-refractivity contribution >= 4 is 0 Å². The summed E-state index contributed by atoms with van der Waals surface area (Å²) in [6.07, 6.45) is 3.42. The van der Waals surface area contributed by atoms with E-state index in [-0.39, 0.29) is 5.82 Å². The Morgan fingerprint density at radius 2 is 1.76 bits per heavy atom. The van der Waals surface area contributed by atoms with Gasteiger partial charge < -0.3 is 10.2 Å². The zero-order valence-electron chi connectivity index (χ0n) is 17.0. The van der Waals surface area contributed by atoms with Gasteiger partial charge in [0.05, 0.1) is 5.60 Å². The molecule has 0 unspecified atom stereocenters. The number of piperidine rings is 1. The summed E-state index contributed by atoms with van der Waals surface area (Å²) in [5.41, 5.74) is 0.860. The van der Waals surface area contributed by atoms with Gasteiger partial charge in [0, 0.05) is 24.2 Å². The highest BCUT2D eigenvalue weighted by atomic mass is 19.1. The van der Waals surface area contributed by atoms with Gasteiger partial charge in [-0.05, 0) is 74.9 Å². The second-order valence-corrected chi connectivity index (χ2v) is 9.01. The lowest BCUT2D eigenvalue weighted by Gasteiger charge is -2.44. The zero-order valence-corrected chi connectivity index (χ0v) is 17.0. The first kappa shape index (κ1) is 20.1. The van der Waals surface area contributed by atoms with E-state index in [0.717, 1.165) is 24.9 Å². The molecular weight excluding hydrogens is 365 g/mol. The van der Waals surface area contributed by atoms with Gasteiger partial charge >= 0.3 is 0 Å². The quantitative estimate of drug-likeness (QED) is 0.776. The van der Waals surface area contributed by atoms with Gasteiger partial charge in [-0.2, -0.15) is 0 Å². The lowest BCUT2D eigenvalue weighted by Crippen LogP contribution is -2.49. The van der Waals surface area contributed by atoms with Crippen molar-refractivity contribution in [2.75, 3.05) is 0 Å². The molecule has 29 heavy (non-hydrogen) atoms. The van der Waals surface area contributed by atoms with Crippen LogP contribution in [0.2, 0.25) is 0 Å². The maximum atomic E-state index is 13.7. The maximum absolute atomic E-state index is 13.7. The number of halogens is 1. The van der Waals surface area contributed by atoms with Crippen LogP contribution in [0.15, 0.2) is 48.5 Å². The number of hydrogen-bond donors (Lipinski definition) is 2. The van der Waals surface area contributed by atoms with E-state index in [1.807, 2.05) is 18.2 Å². The molecule has 152 valence electrons. The minimum Gasteiger partial charge on any atom is -0.385 e. The molecule has 0 amide bonds. The van der Waals surface area contributed by atoms with Crippen LogP contribution in [0, 0.1) is 17.7 Å². The SMILES string of the molecule is CC(C)(O)C#Cc1ccc(CN2[C@@H]3CC[C@@H]2CC(O)(c2cccc(F)c2)C3)cc1. The molecule has 2 aliphatic rings. The minimum absolute atomic E-state index is 0.293. The van der Waals surface area contributed by atoms with Crippen LogP contribution >= 0.6 is 0 Å². The number of rotatable bonds is 3. The third kappa shape index (κ3) is 4.53. The van der Waals surface area contributed by atoms with Crippen molar-refractivity contribution in [1.82, 2.24) is 4.90 Å².